The first-order valence-corrected chi connectivity index (χ1v) is 15.0. The van der Waals surface area contributed by atoms with E-state index in [-0.39, 0.29) is 17.7 Å². The number of rotatable bonds is 8. The number of ether oxygens (including phenoxy) is 1. The maximum absolute atomic E-state index is 15.2. The quantitative estimate of drug-likeness (QED) is 0.180. The van der Waals surface area contributed by atoms with Gasteiger partial charge in [0.25, 0.3) is 5.56 Å². The second-order valence-corrected chi connectivity index (χ2v) is 12.1. The molecule has 1 aliphatic carbocycles. The smallest absolute Gasteiger partial charge is 0.282 e. The number of ketones is 1. The van der Waals surface area contributed by atoms with Crippen LogP contribution in [0.1, 0.15) is 52.4 Å². The van der Waals surface area contributed by atoms with Crippen LogP contribution in [0.2, 0.25) is 0 Å². The van der Waals surface area contributed by atoms with Gasteiger partial charge in [-0.15, -0.1) is 11.3 Å². The highest BCUT2D eigenvalue weighted by Gasteiger charge is 2.25. The van der Waals surface area contributed by atoms with Gasteiger partial charge in [-0.25, -0.2) is 8.78 Å². The van der Waals surface area contributed by atoms with Crippen LogP contribution in [-0.4, -0.2) is 45.6 Å². The summed E-state index contributed by atoms with van der Waals surface area (Å²) in [5.41, 5.74) is 0.822. The minimum Gasteiger partial charge on any atom is -0.453 e. The van der Waals surface area contributed by atoms with Crippen molar-refractivity contribution in [1.29, 1.82) is 0 Å². The second-order valence-electron chi connectivity index (χ2n) is 11.0. The molecule has 7 nitrogen and oxygen atoms in total. The summed E-state index contributed by atoms with van der Waals surface area (Å²) in [6.45, 7) is 0. The standard InChI is InChI=1S/C33H30F2N4O3S/c1-38(2)23-8-4-21(5-9-23)31-19-27-32(43-31)30(14-15-36-27)42-29-12-3-20(17-26(29)35)18-28(40)25-13-16-37-39(33(25)41)24-10-6-22(34)7-11-24/h3,6-7,10-17,19,21,23H,4-5,8-9,18H2,1-2H3. The first-order valence-electron chi connectivity index (χ1n) is 14.2. The van der Waals surface area contributed by atoms with Gasteiger partial charge in [0.15, 0.2) is 17.3 Å². The molecule has 0 N–H and O–H groups in total. The Hall–Kier alpha value is -4.28. The summed E-state index contributed by atoms with van der Waals surface area (Å²) in [4.78, 5) is 34.1. The van der Waals surface area contributed by atoms with Gasteiger partial charge in [-0.05, 0) is 99.8 Å². The number of carbonyl (C=O) groups is 1. The van der Waals surface area contributed by atoms with Gasteiger partial charge in [0.05, 0.1) is 21.5 Å². The minimum atomic E-state index is -0.637. The average molecular weight is 601 g/mol. The number of halogens is 2. The van der Waals surface area contributed by atoms with Crippen molar-refractivity contribution in [3.05, 3.63) is 111 Å². The number of thiophene rings is 1. The molecule has 0 saturated heterocycles. The third-order valence-corrected chi connectivity index (χ3v) is 9.32. The molecule has 0 spiro atoms. The number of Topliss-reactive ketones (excluding diaryl/α,β-unsaturated/α-hetero) is 1. The molecule has 3 heterocycles. The molecule has 2 aromatic carbocycles. The zero-order valence-electron chi connectivity index (χ0n) is 23.8. The van der Waals surface area contributed by atoms with Crippen LogP contribution in [0.3, 0.4) is 0 Å². The molecular weight excluding hydrogens is 570 g/mol. The summed E-state index contributed by atoms with van der Waals surface area (Å²) in [5, 5.41) is 4.00. The summed E-state index contributed by atoms with van der Waals surface area (Å²) in [6, 6.07) is 15.4. The molecule has 3 aromatic heterocycles. The lowest BCUT2D eigenvalue weighted by atomic mass is 9.85. The summed E-state index contributed by atoms with van der Waals surface area (Å²) in [7, 11) is 4.27. The van der Waals surface area contributed by atoms with Gasteiger partial charge in [-0.3, -0.25) is 14.6 Å². The molecule has 0 atom stereocenters. The predicted octanol–water partition coefficient (Wildman–Crippen LogP) is 6.93. The number of pyridine rings is 1. The van der Waals surface area contributed by atoms with E-state index in [0.717, 1.165) is 40.6 Å². The van der Waals surface area contributed by atoms with Crippen LogP contribution in [0.15, 0.2) is 77.9 Å². The largest absolute Gasteiger partial charge is 0.453 e. The van der Waals surface area contributed by atoms with Crippen molar-refractivity contribution < 1.29 is 18.3 Å². The molecule has 0 amide bonds. The third-order valence-electron chi connectivity index (χ3n) is 8.02. The van der Waals surface area contributed by atoms with E-state index < -0.39 is 23.0 Å². The Labute approximate surface area is 251 Å². The monoisotopic (exact) mass is 600 g/mol. The summed E-state index contributed by atoms with van der Waals surface area (Å²) in [6.07, 6.45) is 7.37. The number of aromatic nitrogens is 3. The molecule has 0 radical (unpaired) electrons. The van der Waals surface area contributed by atoms with Gasteiger partial charge in [0.1, 0.15) is 11.6 Å². The topological polar surface area (TPSA) is 77.3 Å². The normalized spacial score (nSPS) is 17.0. The molecule has 43 heavy (non-hydrogen) atoms. The van der Waals surface area contributed by atoms with Crippen molar-refractivity contribution in [1.82, 2.24) is 19.7 Å². The van der Waals surface area contributed by atoms with Gasteiger partial charge in [0.2, 0.25) is 0 Å². The van der Waals surface area contributed by atoms with E-state index >= 15 is 4.39 Å². The number of nitrogens with zero attached hydrogens (tertiary/aromatic N) is 4. The van der Waals surface area contributed by atoms with E-state index in [1.165, 1.54) is 53.5 Å². The Morgan fingerprint density at radius 3 is 2.47 bits per heavy atom. The van der Waals surface area contributed by atoms with Gasteiger partial charge < -0.3 is 9.64 Å². The van der Waals surface area contributed by atoms with Crippen molar-refractivity contribution in [2.45, 2.75) is 44.1 Å². The highest BCUT2D eigenvalue weighted by atomic mass is 32.1. The summed E-state index contributed by atoms with van der Waals surface area (Å²) in [5.74, 6) is -0.510. The van der Waals surface area contributed by atoms with E-state index in [1.807, 2.05) is 0 Å². The average Bonchev–Trinajstić information content (AvgIpc) is 3.45. The summed E-state index contributed by atoms with van der Waals surface area (Å²) < 4.78 is 36.5. The van der Waals surface area contributed by atoms with Crippen LogP contribution < -0.4 is 10.3 Å². The number of benzene rings is 2. The predicted molar refractivity (Wildman–Crippen MR) is 163 cm³/mol. The Morgan fingerprint density at radius 2 is 1.74 bits per heavy atom. The number of fused-ring (bicyclic) bond motifs is 1. The van der Waals surface area contributed by atoms with Gasteiger partial charge in [-0.1, -0.05) is 6.07 Å². The van der Waals surface area contributed by atoms with Crippen LogP contribution in [0.4, 0.5) is 8.78 Å². The molecule has 10 heteroatoms. The Bertz CT molecular complexity index is 1840. The fourth-order valence-electron chi connectivity index (χ4n) is 5.62. The van der Waals surface area contributed by atoms with Crippen LogP contribution in [0.5, 0.6) is 11.5 Å². The molecule has 5 aromatic rings. The maximum atomic E-state index is 15.2. The van der Waals surface area contributed by atoms with Crippen LogP contribution in [-0.2, 0) is 6.42 Å². The molecular formula is C33H30F2N4O3S. The first-order chi connectivity index (χ1) is 20.8. The molecule has 0 aliphatic heterocycles. The molecule has 1 saturated carbocycles. The lowest BCUT2D eigenvalue weighted by Gasteiger charge is -2.32. The van der Waals surface area contributed by atoms with Gasteiger partial charge in [0, 0.05) is 35.8 Å². The zero-order valence-corrected chi connectivity index (χ0v) is 24.6. The third kappa shape index (κ3) is 6.11. The van der Waals surface area contributed by atoms with Crippen LogP contribution >= 0.6 is 11.3 Å². The van der Waals surface area contributed by atoms with Gasteiger partial charge >= 0.3 is 0 Å². The molecule has 1 fully saturated rings. The van der Waals surface area contributed by atoms with E-state index in [0.29, 0.717) is 29.0 Å². The Morgan fingerprint density at radius 1 is 0.977 bits per heavy atom. The lowest BCUT2D eigenvalue weighted by molar-refractivity contribution is 0.0991. The number of hydrogen-bond donors (Lipinski definition) is 0. The molecule has 6 rings (SSSR count). The van der Waals surface area contributed by atoms with E-state index in [9.17, 15) is 14.0 Å². The van der Waals surface area contributed by atoms with Crippen molar-refractivity contribution in [3.63, 3.8) is 0 Å². The maximum Gasteiger partial charge on any atom is 0.282 e. The summed E-state index contributed by atoms with van der Waals surface area (Å²) >= 11 is 1.65. The molecule has 0 unspecified atom stereocenters. The van der Waals surface area contributed by atoms with Crippen molar-refractivity contribution in [2.75, 3.05) is 14.1 Å². The van der Waals surface area contributed by atoms with Crippen LogP contribution in [0, 0.1) is 11.6 Å². The lowest BCUT2D eigenvalue weighted by Crippen LogP contribution is -2.31. The SMILES string of the molecule is CN(C)C1CCC(c2cc3nccc(Oc4ccc(CC(=O)c5ccnn(-c6ccc(F)cc6)c5=O)cc4F)c3s2)CC1. The number of carbonyl (C=O) groups excluding carboxylic acids is 1. The highest BCUT2D eigenvalue weighted by molar-refractivity contribution is 7.19. The van der Waals surface area contributed by atoms with Crippen molar-refractivity contribution >= 4 is 27.3 Å². The van der Waals surface area contributed by atoms with E-state index in [1.54, 1.807) is 29.7 Å². The molecule has 1 aliphatic rings. The van der Waals surface area contributed by atoms with Gasteiger partial charge in [-0.2, -0.15) is 9.78 Å². The highest BCUT2D eigenvalue weighted by Crippen LogP contribution is 2.42. The minimum absolute atomic E-state index is 0.0349. The zero-order chi connectivity index (χ0) is 30.1. The Kier molecular flexibility index (Phi) is 8.14. The fourth-order valence-corrected chi connectivity index (χ4v) is 6.85. The molecule has 0 bridgehead atoms. The van der Waals surface area contributed by atoms with Crippen LogP contribution in [0.25, 0.3) is 15.9 Å². The second kappa shape index (κ2) is 12.1. The fraction of sp³-hybridized carbons (Fsp3) is 0.273. The Balaban J connectivity index is 1.17. The molecule has 220 valence electrons. The van der Waals surface area contributed by atoms with E-state index in [4.69, 9.17) is 4.74 Å². The first kappa shape index (κ1) is 28.8. The van der Waals surface area contributed by atoms with Crippen molar-refractivity contribution in [2.24, 2.45) is 0 Å². The number of hydrogen-bond acceptors (Lipinski definition) is 7. The van der Waals surface area contributed by atoms with Crippen molar-refractivity contribution in [3.8, 4) is 17.2 Å². The van der Waals surface area contributed by atoms with E-state index in [2.05, 4.69) is 35.1 Å².